The van der Waals surface area contributed by atoms with E-state index in [9.17, 15) is 5.11 Å². The van der Waals surface area contributed by atoms with E-state index in [-0.39, 0.29) is 5.60 Å². The molecule has 0 aliphatic heterocycles. The molecule has 0 amide bonds. The summed E-state index contributed by atoms with van der Waals surface area (Å²) in [5, 5.41) is 10.6. The van der Waals surface area contributed by atoms with Crippen LogP contribution >= 0.6 is 0 Å². The van der Waals surface area contributed by atoms with Crippen molar-refractivity contribution < 1.29 is 5.11 Å². The van der Waals surface area contributed by atoms with Gasteiger partial charge in [0.2, 0.25) is 0 Å². The maximum Gasteiger partial charge on any atom is 0.0650 e. The van der Waals surface area contributed by atoms with Crippen LogP contribution in [0.4, 0.5) is 0 Å². The van der Waals surface area contributed by atoms with Crippen molar-refractivity contribution >= 4 is 0 Å². The normalized spacial score (nSPS) is 30.9. The molecule has 0 saturated heterocycles. The van der Waals surface area contributed by atoms with E-state index in [1.807, 2.05) is 0 Å². The van der Waals surface area contributed by atoms with Gasteiger partial charge in [0.25, 0.3) is 0 Å². The first kappa shape index (κ1) is 15.0. The van der Waals surface area contributed by atoms with Crippen LogP contribution in [0.2, 0.25) is 0 Å². The lowest BCUT2D eigenvalue weighted by Gasteiger charge is -2.28. The highest BCUT2D eigenvalue weighted by atomic mass is 16.3. The predicted octanol–water partition coefficient (Wildman–Crippen LogP) is 4.78. The predicted molar refractivity (Wildman–Crippen MR) is 75.1 cm³/mol. The summed E-state index contributed by atoms with van der Waals surface area (Å²) >= 11 is 0. The molecule has 2 unspecified atom stereocenters. The Hall–Kier alpha value is -0.0400. The second-order valence-corrected chi connectivity index (χ2v) is 8.66. The van der Waals surface area contributed by atoms with Gasteiger partial charge in [0.15, 0.2) is 0 Å². The van der Waals surface area contributed by atoms with Crippen molar-refractivity contribution in [3.8, 4) is 0 Å². The summed E-state index contributed by atoms with van der Waals surface area (Å²) < 4.78 is 0. The molecule has 1 nitrogen and oxygen atoms in total. The van der Waals surface area contributed by atoms with Gasteiger partial charge in [-0.15, -0.1) is 0 Å². The molecule has 0 aromatic carbocycles. The topological polar surface area (TPSA) is 20.2 Å². The molecular formula is C16H32O. The van der Waals surface area contributed by atoms with Crippen molar-refractivity contribution in [3.05, 3.63) is 0 Å². The van der Waals surface area contributed by atoms with Crippen molar-refractivity contribution in [3.63, 3.8) is 0 Å². The molecule has 1 heteroatoms. The van der Waals surface area contributed by atoms with Gasteiger partial charge in [-0.3, -0.25) is 0 Å². The number of rotatable bonds is 3. The molecule has 1 saturated carbocycles. The third-order valence-electron chi connectivity index (χ3n) is 3.93. The van der Waals surface area contributed by atoms with Crippen LogP contribution in [0.1, 0.15) is 80.1 Å². The molecule has 1 N–H and O–H groups in total. The second kappa shape index (κ2) is 4.91. The van der Waals surface area contributed by atoms with Crippen LogP contribution in [0.15, 0.2) is 0 Å². The van der Waals surface area contributed by atoms with E-state index in [1.54, 1.807) is 0 Å². The average Bonchev–Trinajstić information content (AvgIpc) is 2.41. The van der Waals surface area contributed by atoms with Crippen molar-refractivity contribution in [2.45, 2.75) is 85.7 Å². The molecule has 0 heterocycles. The molecule has 1 rings (SSSR count). The lowest BCUT2D eigenvalue weighted by molar-refractivity contribution is 0.0222. The minimum atomic E-state index is -0.358. The quantitative estimate of drug-likeness (QED) is 0.752. The molecular weight excluding hydrogens is 208 g/mol. The average molecular weight is 240 g/mol. The van der Waals surface area contributed by atoms with E-state index in [1.165, 1.54) is 12.8 Å². The molecule has 0 aromatic heterocycles. The van der Waals surface area contributed by atoms with Gasteiger partial charge < -0.3 is 5.11 Å². The van der Waals surface area contributed by atoms with Crippen LogP contribution in [-0.4, -0.2) is 10.7 Å². The van der Waals surface area contributed by atoms with E-state index >= 15 is 0 Å². The van der Waals surface area contributed by atoms with Crippen molar-refractivity contribution in [1.82, 2.24) is 0 Å². The van der Waals surface area contributed by atoms with E-state index in [0.717, 1.165) is 31.6 Å². The number of hydrogen-bond acceptors (Lipinski definition) is 1. The van der Waals surface area contributed by atoms with Crippen LogP contribution in [0.3, 0.4) is 0 Å². The zero-order valence-electron chi connectivity index (χ0n) is 12.8. The standard InChI is InChI=1S/C16H32O/c1-14(2,3)9-10-16(17)8-7-13(12-16)11-15(4,5)6/h13,17H,7-12H2,1-6H3. The molecule has 0 radical (unpaired) electrons. The summed E-state index contributed by atoms with van der Waals surface area (Å²) in [6.07, 6.45) is 6.63. The van der Waals surface area contributed by atoms with Crippen LogP contribution in [0, 0.1) is 16.7 Å². The Morgan fingerprint density at radius 1 is 1.06 bits per heavy atom. The summed E-state index contributed by atoms with van der Waals surface area (Å²) in [6, 6.07) is 0. The molecule has 1 aliphatic rings. The van der Waals surface area contributed by atoms with Crippen molar-refractivity contribution in [1.29, 1.82) is 0 Å². The fourth-order valence-corrected chi connectivity index (χ4v) is 3.09. The first-order valence-corrected chi connectivity index (χ1v) is 7.22. The third-order valence-corrected chi connectivity index (χ3v) is 3.93. The van der Waals surface area contributed by atoms with Crippen molar-refractivity contribution in [2.75, 3.05) is 0 Å². The highest BCUT2D eigenvalue weighted by molar-refractivity contribution is 4.91. The van der Waals surface area contributed by atoms with Gasteiger partial charge in [0.1, 0.15) is 0 Å². The Labute approximate surface area is 108 Å². The van der Waals surface area contributed by atoms with Gasteiger partial charge in [0, 0.05) is 0 Å². The molecule has 1 fully saturated rings. The smallest absolute Gasteiger partial charge is 0.0650 e. The fraction of sp³-hybridized carbons (Fsp3) is 1.00. The molecule has 0 aromatic rings. The van der Waals surface area contributed by atoms with E-state index < -0.39 is 0 Å². The Bertz CT molecular complexity index is 243. The highest BCUT2D eigenvalue weighted by Gasteiger charge is 2.38. The zero-order valence-corrected chi connectivity index (χ0v) is 12.8. The zero-order chi connectivity index (χ0) is 13.3. The van der Waals surface area contributed by atoms with E-state index in [2.05, 4.69) is 41.5 Å². The Morgan fingerprint density at radius 3 is 2.12 bits per heavy atom. The second-order valence-electron chi connectivity index (χ2n) is 8.66. The first-order valence-electron chi connectivity index (χ1n) is 7.22. The maximum atomic E-state index is 10.6. The largest absolute Gasteiger partial charge is 0.390 e. The monoisotopic (exact) mass is 240 g/mol. The summed E-state index contributed by atoms with van der Waals surface area (Å²) in [4.78, 5) is 0. The molecule has 0 spiro atoms. The molecule has 17 heavy (non-hydrogen) atoms. The Kier molecular flexibility index (Phi) is 4.34. The SMILES string of the molecule is CC(C)(C)CCC1(O)CCC(CC(C)(C)C)C1. The first-order chi connectivity index (χ1) is 7.49. The van der Waals surface area contributed by atoms with E-state index in [0.29, 0.717) is 10.8 Å². The lowest BCUT2D eigenvalue weighted by atomic mass is 9.81. The minimum absolute atomic E-state index is 0.345. The van der Waals surface area contributed by atoms with Crippen LogP contribution in [0.25, 0.3) is 0 Å². The maximum absolute atomic E-state index is 10.6. The Balaban J connectivity index is 2.42. The fourth-order valence-electron chi connectivity index (χ4n) is 3.09. The van der Waals surface area contributed by atoms with Gasteiger partial charge in [-0.1, -0.05) is 41.5 Å². The minimum Gasteiger partial charge on any atom is -0.390 e. The third kappa shape index (κ3) is 5.90. The molecule has 2 atom stereocenters. The number of aliphatic hydroxyl groups is 1. The van der Waals surface area contributed by atoms with Crippen LogP contribution < -0.4 is 0 Å². The van der Waals surface area contributed by atoms with Gasteiger partial charge in [-0.25, -0.2) is 0 Å². The van der Waals surface area contributed by atoms with Gasteiger partial charge in [0.05, 0.1) is 5.60 Å². The lowest BCUT2D eigenvalue weighted by Crippen LogP contribution is -2.27. The van der Waals surface area contributed by atoms with Crippen LogP contribution in [0.5, 0.6) is 0 Å². The Morgan fingerprint density at radius 2 is 1.65 bits per heavy atom. The van der Waals surface area contributed by atoms with Crippen molar-refractivity contribution in [2.24, 2.45) is 16.7 Å². The van der Waals surface area contributed by atoms with E-state index in [4.69, 9.17) is 0 Å². The molecule has 102 valence electrons. The molecule has 0 bridgehead atoms. The van der Waals surface area contributed by atoms with Gasteiger partial charge >= 0.3 is 0 Å². The number of hydrogen-bond donors (Lipinski definition) is 1. The van der Waals surface area contributed by atoms with Crippen LogP contribution in [-0.2, 0) is 0 Å². The summed E-state index contributed by atoms with van der Waals surface area (Å²) in [5.74, 6) is 0.736. The van der Waals surface area contributed by atoms with Gasteiger partial charge in [-0.2, -0.15) is 0 Å². The van der Waals surface area contributed by atoms with Gasteiger partial charge in [-0.05, 0) is 55.3 Å². The highest BCUT2D eigenvalue weighted by Crippen LogP contribution is 2.43. The summed E-state index contributed by atoms with van der Waals surface area (Å²) in [6.45, 7) is 13.7. The molecule has 1 aliphatic carbocycles. The summed E-state index contributed by atoms with van der Waals surface area (Å²) in [5.41, 5.74) is 0.390. The summed E-state index contributed by atoms with van der Waals surface area (Å²) in [7, 11) is 0.